The molecule has 7 heteroatoms. The van der Waals surface area contributed by atoms with Crippen LogP contribution in [0.4, 0.5) is 0 Å². The Hall–Kier alpha value is -2.70. The number of nitrogens with zero attached hydrogens (tertiary/aromatic N) is 2. The van der Waals surface area contributed by atoms with Crippen LogP contribution >= 0.6 is 0 Å². The fraction of sp³-hybridized carbons (Fsp3) is 0.565. The van der Waals surface area contributed by atoms with E-state index in [0.717, 1.165) is 12.8 Å². The van der Waals surface area contributed by atoms with Crippen LogP contribution in [0.2, 0.25) is 0 Å². The maximum atomic E-state index is 12.8. The van der Waals surface area contributed by atoms with E-state index in [2.05, 4.69) is 23.8 Å². The Kier molecular flexibility index (Phi) is 5.62. The largest absolute Gasteiger partial charge is 0.454 e. The minimum Gasteiger partial charge on any atom is -0.454 e. The number of rotatable bonds is 4. The highest BCUT2D eigenvalue weighted by Gasteiger charge is 2.42. The average molecular weight is 412 g/mol. The second-order valence-corrected chi connectivity index (χ2v) is 8.83. The Bertz CT molecular complexity index is 1020. The average Bonchev–Trinajstić information content (AvgIpc) is 3.11. The lowest BCUT2D eigenvalue weighted by Gasteiger charge is -2.39. The predicted molar refractivity (Wildman–Crippen MR) is 113 cm³/mol. The van der Waals surface area contributed by atoms with Gasteiger partial charge in [-0.1, -0.05) is 38.8 Å². The zero-order valence-corrected chi connectivity index (χ0v) is 17.8. The summed E-state index contributed by atoms with van der Waals surface area (Å²) in [7, 11) is 0. The standard InChI is InChI=1S/C23H29N3O4/c1-13-7-6-10-19(14(13)2)26-12-16(11-20(26)27)23(29)30-15(3)21-24-18-9-5-4-8-17(18)22(28)25-21/h4-5,8-9,13-16,19H,6-7,10-12H2,1-3H3,(H,24,25,28)/t13-,14-,15+,16-,19+/m1/s1. The van der Waals surface area contributed by atoms with Crippen LogP contribution in [0.5, 0.6) is 0 Å². The maximum absolute atomic E-state index is 12.8. The van der Waals surface area contributed by atoms with Gasteiger partial charge < -0.3 is 14.6 Å². The zero-order chi connectivity index (χ0) is 21.4. The van der Waals surface area contributed by atoms with Crippen molar-refractivity contribution in [2.45, 2.75) is 58.6 Å². The molecule has 1 saturated heterocycles. The van der Waals surface area contributed by atoms with E-state index in [-0.39, 0.29) is 23.9 Å². The topological polar surface area (TPSA) is 92.4 Å². The van der Waals surface area contributed by atoms with Crippen molar-refractivity contribution in [1.82, 2.24) is 14.9 Å². The summed E-state index contributed by atoms with van der Waals surface area (Å²) in [5, 5.41) is 0.493. The molecular weight excluding hydrogens is 382 g/mol. The summed E-state index contributed by atoms with van der Waals surface area (Å²) in [5.41, 5.74) is 0.294. The molecule has 1 N–H and O–H groups in total. The molecule has 2 fully saturated rings. The highest BCUT2D eigenvalue weighted by atomic mass is 16.5. The van der Waals surface area contributed by atoms with Gasteiger partial charge >= 0.3 is 5.97 Å². The molecule has 4 rings (SSSR count). The highest BCUT2D eigenvalue weighted by molar-refractivity contribution is 5.87. The van der Waals surface area contributed by atoms with Crippen LogP contribution < -0.4 is 5.56 Å². The van der Waals surface area contributed by atoms with Gasteiger partial charge in [-0.25, -0.2) is 4.98 Å². The van der Waals surface area contributed by atoms with Gasteiger partial charge in [0.25, 0.3) is 5.56 Å². The van der Waals surface area contributed by atoms with Gasteiger partial charge in [-0.3, -0.25) is 14.4 Å². The number of hydrogen-bond acceptors (Lipinski definition) is 5. The van der Waals surface area contributed by atoms with E-state index in [9.17, 15) is 14.4 Å². The first-order valence-corrected chi connectivity index (χ1v) is 10.8. The number of carbonyl (C=O) groups is 2. The fourth-order valence-corrected chi connectivity index (χ4v) is 4.83. The SMILES string of the molecule is C[C@@H]1[C@H](C)CCC[C@@H]1N1C[C@H](C(=O)O[C@@H](C)c2nc3ccccc3c(=O)[nH]2)CC1=O. The molecule has 2 heterocycles. The number of carbonyl (C=O) groups excluding carboxylic acids is 2. The van der Waals surface area contributed by atoms with Crippen LogP contribution in [0.1, 0.15) is 58.4 Å². The summed E-state index contributed by atoms with van der Waals surface area (Å²) >= 11 is 0. The summed E-state index contributed by atoms with van der Waals surface area (Å²) in [6.07, 6.45) is 2.79. The first kappa shape index (κ1) is 20.6. The molecular formula is C23H29N3O4. The normalized spacial score (nSPS) is 28.0. The number of H-pyrrole nitrogens is 1. The molecule has 1 saturated carbocycles. The molecule has 7 nitrogen and oxygen atoms in total. The molecule has 1 aliphatic heterocycles. The third-order valence-corrected chi connectivity index (χ3v) is 6.87. The maximum Gasteiger partial charge on any atom is 0.311 e. The molecule has 160 valence electrons. The molecule has 0 bridgehead atoms. The van der Waals surface area contributed by atoms with E-state index in [4.69, 9.17) is 4.74 Å². The number of likely N-dealkylation sites (tertiary alicyclic amines) is 1. The number of benzene rings is 1. The van der Waals surface area contributed by atoms with Crippen LogP contribution in [-0.2, 0) is 14.3 Å². The Morgan fingerprint density at radius 3 is 2.80 bits per heavy atom. The van der Waals surface area contributed by atoms with Crippen molar-refractivity contribution in [1.29, 1.82) is 0 Å². The molecule has 2 aliphatic rings. The van der Waals surface area contributed by atoms with Crippen molar-refractivity contribution in [2.24, 2.45) is 17.8 Å². The molecule has 5 atom stereocenters. The number of esters is 1. The molecule has 0 spiro atoms. The van der Waals surface area contributed by atoms with Gasteiger partial charge in [-0.05, 0) is 37.3 Å². The van der Waals surface area contributed by atoms with Gasteiger partial charge in [-0.15, -0.1) is 0 Å². The summed E-state index contributed by atoms with van der Waals surface area (Å²) in [5.74, 6) is 0.472. The van der Waals surface area contributed by atoms with Crippen molar-refractivity contribution in [3.05, 3.63) is 40.4 Å². The second-order valence-electron chi connectivity index (χ2n) is 8.83. The molecule has 1 aliphatic carbocycles. The number of aromatic nitrogens is 2. The lowest BCUT2D eigenvalue weighted by atomic mass is 9.77. The number of ether oxygens (including phenoxy) is 1. The number of nitrogens with one attached hydrogen (secondary N) is 1. The van der Waals surface area contributed by atoms with Crippen molar-refractivity contribution >= 4 is 22.8 Å². The van der Waals surface area contributed by atoms with Gasteiger partial charge in [0.15, 0.2) is 11.9 Å². The molecule has 1 aromatic carbocycles. The Balaban J connectivity index is 1.44. The van der Waals surface area contributed by atoms with Crippen LogP contribution in [-0.4, -0.2) is 39.3 Å². The smallest absolute Gasteiger partial charge is 0.311 e. The molecule has 0 unspecified atom stereocenters. The minimum atomic E-state index is -0.701. The van der Waals surface area contributed by atoms with Gasteiger partial charge in [0.1, 0.15) is 0 Å². The summed E-state index contributed by atoms with van der Waals surface area (Å²) in [4.78, 5) is 46.7. The second kappa shape index (κ2) is 8.20. The van der Waals surface area contributed by atoms with Gasteiger partial charge in [0.05, 0.1) is 16.8 Å². The molecule has 0 radical (unpaired) electrons. The Labute approximate surface area is 175 Å². The van der Waals surface area contributed by atoms with E-state index in [0.29, 0.717) is 35.1 Å². The fourth-order valence-electron chi connectivity index (χ4n) is 4.83. The first-order chi connectivity index (χ1) is 14.3. The number of para-hydroxylation sites is 1. The quantitative estimate of drug-likeness (QED) is 0.780. The van der Waals surface area contributed by atoms with Crippen LogP contribution in [0, 0.1) is 17.8 Å². The number of hydrogen-bond donors (Lipinski definition) is 1. The van der Waals surface area contributed by atoms with Crippen LogP contribution in [0.25, 0.3) is 10.9 Å². The van der Waals surface area contributed by atoms with Crippen LogP contribution in [0.3, 0.4) is 0 Å². The third-order valence-electron chi connectivity index (χ3n) is 6.87. The molecule has 1 amide bonds. The molecule has 2 aromatic rings. The third kappa shape index (κ3) is 3.85. The lowest BCUT2D eigenvalue weighted by molar-refractivity contribution is -0.153. The van der Waals surface area contributed by atoms with Gasteiger partial charge in [0.2, 0.25) is 5.91 Å². The Morgan fingerprint density at radius 2 is 2.00 bits per heavy atom. The lowest BCUT2D eigenvalue weighted by Crippen LogP contribution is -2.45. The van der Waals surface area contributed by atoms with Gasteiger partial charge in [0, 0.05) is 19.0 Å². The predicted octanol–water partition coefficient (Wildman–Crippen LogP) is 3.20. The molecule has 1 aromatic heterocycles. The highest BCUT2D eigenvalue weighted by Crippen LogP contribution is 2.36. The van der Waals surface area contributed by atoms with E-state index in [1.807, 2.05) is 4.90 Å². The monoisotopic (exact) mass is 411 g/mol. The number of fused-ring (bicyclic) bond motifs is 1. The zero-order valence-electron chi connectivity index (χ0n) is 17.8. The van der Waals surface area contributed by atoms with Crippen molar-refractivity contribution in [3.8, 4) is 0 Å². The van der Waals surface area contributed by atoms with E-state index in [1.165, 1.54) is 6.42 Å². The van der Waals surface area contributed by atoms with E-state index >= 15 is 0 Å². The summed E-state index contributed by atoms with van der Waals surface area (Å²) in [6, 6.07) is 7.24. The number of aromatic amines is 1. The van der Waals surface area contributed by atoms with Gasteiger partial charge in [-0.2, -0.15) is 0 Å². The molecule has 30 heavy (non-hydrogen) atoms. The van der Waals surface area contributed by atoms with E-state index < -0.39 is 18.0 Å². The number of amides is 1. The minimum absolute atomic E-state index is 0.0350. The first-order valence-electron chi connectivity index (χ1n) is 10.8. The van der Waals surface area contributed by atoms with Crippen molar-refractivity contribution in [2.75, 3.05) is 6.54 Å². The Morgan fingerprint density at radius 1 is 1.23 bits per heavy atom. The summed E-state index contributed by atoms with van der Waals surface area (Å²) in [6.45, 7) is 6.54. The van der Waals surface area contributed by atoms with Crippen LogP contribution in [0.15, 0.2) is 29.1 Å². The van der Waals surface area contributed by atoms with E-state index in [1.54, 1.807) is 31.2 Å². The summed E-state index contributed by atoms with van der Waals surface area (Å²) < 4.78 is 5.61. The van der Waals surface area contributed by atoms with Crippen molar-refractivity contribution in [3.63, 3.8) is 0 Å². The van der Waals surface area contributed by atoms with Crippen molar-refractivity contribution < 1.29 is 14.3 Å².